The molecule has 0 aliphatic carbocycles. The zero-order chi connectivity index (χ0) is 12.1. The van der Waals surface area contributed by atoms with Gasteiger partial charge >= 0.3 is 0 Å². The first kappa shape index (κ1) is 12.4. The topological polar surface area (TPSA) is 45.4 Å². The molecular formula is C12H15FN2O. The minimum atomic E-state index is -0.271. The summed E-state index contributed by atoms with van der Waals surface area (Å²) in [6.07, 6.45) is 0.648. The van der Waals surface area contributed by atoms with Crippen LogP contribution in [0.2, 0.25) is 0 Å². The van der Waals surface area contributed by atoms with Gasteiger partial charge in [0, 0.05) is 19.5 Å². The Morgan fingerprint density at radius 3 is 2.62 bits per heavy atom. The fourth-order valence-corrected chi connectivity index (χ4v) is 1.35. The summed E-state index contributed by atoms with van der Waals surface area (Å²) in [4.78, 5) is 3.88. The first-order chi connectivity index (χ1) is 7.58. The third-order valence-electron chi connectivity index (χ3n) is 2.13. The van der Waals surface area contributed by atoms with Crippen molar-refractivity contribution in [2.45, 2.75) is 20.3 Å². The minimum absolute atomic E-state index is 0.0283. The van der Waals surface area contributed by atoms with Crippen molar-refractivity contribution in [3.63, 3.8) is 0 Å². The number of hydrogen-bond donors (Lipinski definition) is 1. The van der Waals surface area contributed by atoms with Crippen LogP contribution in [0.5, 0.6) is 0 Å². The molecule has 0 heterocycles. The van der Waals surface area contributed by atoms with Crippen molar-refractivity contribution in [3.05, 3.63) is 35.1 Å². The van der Waals surface area contributed by atoms with Gasteiger partial charge in [0.2, 0.25) is 5.90 Å². The summed E-state index contributed by atoms with van der Waals surface area (Å²) < 4.78 is 18.6. The second-order valence-corrected chi connectivity index (χ2v) is 3.35. The van der Waals surface area contributed by atoms with Gasteiger partial charge in [0.05, 0.1) is 0 Å². The molecule has 0 saturated heterocycles. The van der Waals surface area contributed by atoms with E-state index >= 15 is 0 Å². The van der Waals surface area contributed by atoms with Crippen molar-refractivity contribution < 1.29 is 9.13 Å². The van der Waals surface area contributed by atoms with Crippen molar-refractivity contribution in [2.75, 3.05) is 7.05 Å². The number of aliphatic imine (C=N–C) groups is 1. The van der Waals surface area contributed by atoms with Crippen LogP contribution in [0.1, 0.15) is 25.0 Å². The van der Waals surface area contributed by atoms with Crippen LogP contribution in [-0.4, -0.2) is 18.8 Å². The molecule has 1 rings (SSSR count). The molecule has 1 aromatic rings. The predicted molar refractivity (Wildman–Crippen MR) is 62.7 cm³/mol. The third-order valence-corrected chi connectivity index (χ3v) is 2.13. The van der Waals surface area contributed by atoms with Gasteiger partial charge in [-0.2, -0.15) is 0 Å². The molecule has 0 saturated carbocycles. The number of nitrogens with one attached hydrogen (secondary N) is 1. The first-order valence-corrected chi connectivity index (χ1v) is 5.07. The van der Waals surface area contributed by atoms with Gasteiger partial charge in [-0.05, 0) is 24.1 Å². The molecule has 3 nitrogen and oxygen atoms in total. The van der Waals surface area contributed by atoms with Crippen LogP contribution in [0, 0.1) is 11.2 Å². The molecule has 0 bridgehead atoms. The highest BCUT2D eigenvalue weighted by molar-refractivity contribution is 6.00. The molecule has 0 aliphatic rings. The molecule has 0 aliphatic heterocycles. The van der Waals surface area contributed by atoms with E-state index in [1.165, 1.54) is 13.0 Å². The van der Waals surface area contributed by atoms with E-state index in [9.17, 15) is 4.39 Å². The molecule has 1 N–H and O–H groups in total. The lowest BCUT2D eigenvalue weighted by Gasteiger charge is -2.08. The Kier molecular flexibility index (Phi) is 4.17. The molecule has 16 heavy (non-hydrogen) atoms. The Morgan fingerprint density at radius 2 is 2.19 bits per heavy atom. The second kappa shape index (κ2) is 5.39. The highest BCUT2D eigenvalue weighted by atomic mass is 19.1. The summed E-state index contributed by atoms with van der Waals surface area (Å²) in [5, 5.41) is 7.21. The van der Waals surface area contributed by atoms with E-state index in [4.69, 9.17) is 10.1 Å². The molecule has 86 valence electrons. The van der Waals surface area contributed by atoms with E-state index in [1.807, 2.05) is 6.92 Å². The fourth-order valence-electron chi connectivity index (χ4n) is 1.35. The standard InChI is InChI=1S/C12H15FN2O/c1-4-9-5-6-10(7-11(9)13)12(15-3)16-8(2)14/h5-7,14H,4H2,1-3H3. The van der Waals surface area contributed by atoms with Crippen LogP contribution in [0.4, 0.5) is 4.39 Å². The van der Waals surface area contributed by atoms with Crippen molar-refractivity contribution in [3.8, 4) is 0 Å². The zero-order valence-electron chi connectivity index (χ0n) is 9.67. The molecule has 1 aromatic carbocycles. The average Bonchev–Trinajstić information content (AvgIpc) is 2.25. The Balaban J connectivity index is 3.04. The van der Waals surface area contributed by atoms with E-state index in [2.05, 4.69) is 4.99 Å². The molecule has 0 unspecified atom stereocenters. The van der Waals surface area contributed by atoms with Crippen molar-refractivity contribution in [1.82, 2.24) is 0 Å². The predicted octanol–water partition coefficient (Wildman–Crippen LogP) is 2.78. The quantitative estimate of drug-likeness (QED) is 0.607. The lowest BCUT2D eigenvalue weighted by atomic mass is 10.1. The summed E-state index contributed by atoms with van der Waals surface area (Å²) >= 11 is 0. The number of rotatable bonds is 2. The average molecular weight is 222 g/mol. The minimum Gasteiger partial charge on any atom is -0.425 e. The van der Waals surface area contributed by atoms with E-state index in [0.29, 0.717) is 17.5 Å². The number of ether oxygens (including phenoxy) is 1. The third kappa shape index (κ3) is 2.89. The normalized spacial score (nSPS) is 11.4. The monoisotopic (exact) mass is 222 g/mol. The van der Waals surface area contributed by atoms with E-state index < -0.39 is 0 Å². The maximum Gasteiger partial charge on any atom is 0.223 e. The van der Waals surface area contributed by atoms with Crippen LogP contribution in [0.15, 0.2) is 23.2 Å². The molecule has 0 amide bonds. The number of nitrogens with zero attached hydrogens (tertiary/aromatic N) is 1. The largest absolute Gasteiger partial charge is 0.425 e. The zero-order valence-corrected chi connectivity index (χ0v) is 9.67. The van der Waals surface area contributed by atoms with Crippen molar-refractivity contribution in [1.29, 1.82) is 5.41 Å². The molecule has 4 heteroatoms. The number of benzene rings is 1. The van der Waals surface area contributed by atoms with Gasteiger partial charge in [0.25, 0.3) is 0 Å². The molecule has 0 atom stereocenters. The smallest absolute Gasteiger partial charge is 0.223 e. The highest BCUT2D eigenvalue weighted by Crippen LogP contribution is 2.12. The van der Waals surface area contributed by atoms with Gasteiger partial charge in [-0.3, -0.25) is 10.4 Å². The van der Waals surface area contributed by atoms with Gasteiger partial charge in [-0.25, -0.2) is 4.39 Å². The maximum atomic E-state index is 13.5. The van der Waals surface area contributed by atoms with Crippen molar-refractivity contribution >= 4 is 11.8 Å². The van der Waals surface area contributed by atoms with Gasteiger partial charge in [0.1, 0.15) is 5.82 Å². The maximum absolute atomic E-state index is 13.5. The number of aryl methyl sites for hydroxylation is 1. The Morgan fingerprint density at radius 1 is 1.50 bits per heavy atom. The molecule has 0 spiro atoms. The summed E-state index contributed by atoms with van der Waals surface area (Å²) in [6, 6.07) is 4.83. The van der Waals surface area contributed by atoms with Gasteiger partial charge in [-0.15, -0.1) is 0 Å². The molecule has 0 aromatic heterocycles. The van der Waals surface area contributed by atoms with Crippen LogP contribution in [-0.2, 0) is 11.2 Å². The van der Waals surface area contributed by atoms with Crippen LogP contribution >= 0.6 is 0 Å². The molecule has 0 radical (unpaired) electrons. The summed E-state index contributed by atoms with van der Waals surface area (Å²) in [7, 11) is 1.55. The van der Waals surface area contributed by atoms with Gasteiger partial charge < -0.3 is 4.74 Å². The number of hydrogen-bond acceptors (Lipinski definition) is 3. The van der Waals surface area contributed by atoms with Crippen LogP contribution in [0.25, 0.3) is 0 Å². The summed E-state index contributed by atoms with van der Waals surface area (Å²) in [5.41, 5.74) is 1.20. The summed E-state index contributed by atoms with van der Waals surface area (Å²) in [6.45, 7) is 3.40. The Hall–Kier alpha value is -1.71. The van der Waals surface area contributed by atoms with Gasteiger partial charge in [-0.1, -0.05) is 13.0 Å². The van der Waals surface area contributed by atoms with E-state index in [-0.39, 0.29) is 17.6 Å². The van der Waals surface area contributed by atoms with Gasteiger partial charge in [0.15, 0.2) is 5.90 Å². The number of halogens is 1. The highest BCUT2D eigenvalue weighted by Gasteiger charge is 2.08. The van der Waals surface area contributed by atoms with E-state index in [1.54, 1.807) is 19.2 Å². The Bertz CT molecular complexity index is 427. The van der Waals surface area contributed by atoms with Crippen LogP contribution < -0.4 is 0 Å². The molecule has 0 fully saturated rings. The SMILES string of the molecule is CCc1ccc(C(=NC)OC(C)=N)cc1F. The van der Waals surface area contributed by atoms with Crippen molar-refractivity contribution in [2.24, 2.45) is 4.99 Å². The lowest BCUT2D eigenvalue weighted by Crippen LogP contribution is -2.11. The molecular weight excluding hydrogens is 207 g/mol. The van der Waals surface area contributed by atoms with Crippen LogP contribution in [0.3, 0.4) is 0 Å². The second-order valence-electron chi connectivity index (χ2n) is 3.35. The lowest BCUT2D eigenvalue weighted by molar-refractivity contribution is 0.534. The first-order valence-electron chi connectivity index (χ1n) is 5.07. The summed E-state index contributed by atoms with van der Waals surface area (Å²) in [5.74, 6) is 0.0158. The Labute approximate surface area is 94.5 Å². The van der Waals surface area contributed by atoms with E-state index in [0.717, 1.165) is 0 Å². The fraction of sp³-hybridized carbons (Fsp3) is 0.333.